The summed E-state index contributed by atoms with van der Waals surface area (Å²) in [5.41, 5.74) is 5.66. The number of hydrogen-bond acceptors (Lipinski definition) is 6. The number of nitrogens with two attached hydrogens (primary N) is 1. The first kappa shape index (κ1) is 16.0. The number of amides is 2. The predicted octanol–water partition coefficient (Wildman–Crippen LogP) is -1.33. The van der Waals surface area contributed by atoms with Crippen molar-refractivity contribution in [2.45, 2.75) is 31.0 Å². The van der Waals surface area contributed by atoms with Gasteiger partial charge in [0.15, 0.2) is 0 Å². The van der Waals surface area contributed by atoms with Crippen LogP contribution in [0.5, 0.6) is 0 Å². The van der Waals surface area contributed by atoms with Crippen LogP contribution in [0, 0.1) is 5.92 Å². The molecule has 0 aromatic heterocycles. The first-order valence-electron chi connectivity index (χ1n) is 7.17. The van der Waals surface area contributed by atoms with Crippen molar-refractivity contribution >= 4 is 12.0 Å². The molecule has 2 aliphatic rings. The molecule has 0 spiro atoms. The van der Waals surface area contributed by atoms with Crippen molar-refractivity contribution in [2.24, 2.45) is 11.7 Å². The van der Waals surface area contributed by atoms with E-state index in [2.05, 4.69) is 10.1 Å². The van der Waals surface area contributed by atoms with Crippen LogP contribution in [0.3, 0.4) is 0 Å². The molecule has 2 rings (SSSR count). The van der Waals surface area contributed by atoms with Gasteiger partial charge in [0, 0.05) is 31.7 Å². The Labute approximate surface area is 123 Å². The van der Waals surface area contributed by atoms with E-state index in [1.165, 1.54) is 7.11 Å². The normalized spacial score (nSPS) is 30.2. The molecule has 0 aromatic carbocycles. The maximum absolute atomic E-state index is 12.7. The SMILES string of the molecule is COC(=O)N[C@H](C(=O)N1C[C@@H](O)C[C@H]1CN)C1CCOC1. The summed E-state index contributed by atoms with van der Waals surface area (Å²) in [5.74, 6) is -0.323. The van der Waals surface area contributed by atoms with E-state index in [1.54, 1.807) is 4.90 Å². The highest BCUT2D eigenvalue weighted by molar-refractivity contribution is 5.86. The number of nitrogens with one attached hydrogen (secondary N) is 1. The highest BCUT2D eigenvalue weighted by Gasteiger charge is 2.41. The highest BCUT2D eigenvalue weighted by atomic mass is 16.5. The summed E-state index contributed by atoms with van der Waals surface area (Å²) in [4.78, 5) is 25.8. The van der Waals surface area contributed by atoms with E-state index in [-0.39, 0.29) is 31.0 Å². The van der Waals surface area contributed by atoms with Crippen molar-refractivity contribution in [3.8, 4) is 0 Å². The molecule has 0 saturated carbocycles. The molecular weight excluding hydrogens is 278 g/mol. The molecule has 8 heteroatoms. The number of rotatable bonds is 4. The van der Waals surface area contributed by atoms with E-state index >= 15 is 0 Å². The average Bonchev–Trinajstić information content (AvgIpc) is 3.12. The maximum Gasteiger partial charge on any atom is 0.407 e. The molecule has 2 fully saturated rings. The molecule has 0 bridgehead atoms. The Bertz CT molecular complexity index is 386. The maximum atomic E-state index is 12.7. The van der Waals surface area contributed by atoms with Crippen molar-refractivity contribution in [3.63, 3.8) is 0 Å². The van der Waals surface area contributed by atoms with Crippen LogP contribution >= 0.6 is 0 Å². The minimum absolute atomic E-state index is 0.0900. The number of β-amino-alcohol motifs (C(OH)–C–C–N with tert-alkyl or cyclic N) is 1. The van der Waals surface area contributed by atoms with Crippen LogP contribution in [0.2, 0.25) is 0 Å². The number of aliphatic hydroxyl groups excluding tert-OH is 1. The van der Waals surface area contributed by atoms with E-state index in [0.717, 1.165) is 0 Å². The predicted molar refractivity (Wildman–Crippen MR) is 73.4 cm³/mol. The molecule has 8 nitrogen and oxygen atoms in total. The summed E-state index contributed by atoms with van der Waals surface area (Å²) in [5, 5.41) is 12.3. The van der Waals surface area contributed by atoms with Crippen molar-refractivity contribution in [1.82, 2.24) is 10.2 Å². The number of methoxy groups -OCH3 is 1. The molecule has 2 heterocycles. The van der Waals surface area contributed by atoms with Crippen LogP contribution in [0.1, 0.15) is 12.8 Å². The number of hydrogen-bond donors (Lipinski definition) is 3. The monoisotopic (exact) mass is 301 g/mol. The molecule has 2 saturated heterocycles. The van der Waals surface area contributed by atoms with Crippen LogP contribution in [0.25, 0.3) is 0 Å². The van der Waals surface area contributed by atoms with E-state index in [1.807, 2.05) is 0 Å². The summed E-state index contributed by atoms with van der Waals surface area (Å²) in [6, 6.07) is -0.906. The summed E-state index contributed by atoms with van der Waals surface area (Å²) < 4.78 is 9.90. The van der Waals surface area contributed by atoms with Gasteiger partial charge in [-0.05, 0) is 12.8 Å². The Balaban J connectivity index is 2.10. The topological polar surface area (TPSA) is 114 Å². The first-order valence-corrected chi connectivity index (χ1v) is 7.17. The number of carbonyl (C=O) groups excluding carboxylic acids is 2. The van der Waals surface area contributed by atoms with Crippen LogP contribution in [0.4, 0.5) is 4.79 Å². The van der Waals surface area contributed by atoms with E-state index in [0.29, 0.717) is 26.1 Å². The van der Waals surface area contributed by atoms with Crippen LogP contribution in [-0.4, -0.2) is 73.6 Å². The molecule has 2 aliphatic heterocycles. The number of likely N-dealkylation sites (tertiary alicyclic amines) is 1. The number of ether oxygens (including phenoxy) is 2. The standard InChI is InChI=1S/C13H23N3O5/c1-20-13(19)15-11(8-2-3-21-7-8)12(18)16-6-10(17)4-9(16)5-14/h8-11,17H,2-7,14H2,1H3,(H,15,19)/t8?,9-,10-,11-/m0/s1. The number of carbonyl (C=O) groups is 2. The summed E-state index contributed by atoms with van der Waals surface area (Å²) in [7, 11) is 1.25. The zero-order valence-electron chi connectivity index (χ0n) is 12.2. The first-order chi connectivity index (χ1) is 10.1. The molecular formula is C13H23N3O5. The van der Waals surface area contributed by atoms with Gasteiger partial charge in [-0.3, -0.25) is 4.79 Å². The van der Waals surface area contributed by atoms with Gasteiger partial charge < -0.3 is 30.5 Å². The summed E-state index contributed by atoms with van der Waals surface area (Å²) in [6.07, 6.45) is -0.0521. The minimum Gasteiger partial charge on any atom is -0.453 e. The zero-order valence-corrected chi connectivity index (χ0v) is 12.2. The Morgan fingerprint density at radius 3 is 2.90 bits per heavy atom. The van der Waals surface area contributed by atoms with Gasteiger partial charge in [-0.1, -0.05) is 0 Å². The van der Waals surface area contributed by atoms with Gasteiger partial charge in [-0.15, -0.1) is 0 Å². The van der Waals surface area contributed by atoms with Crippen molar-refractivity contribution in [1.29, 1.82) is 0 Å². The second kappa shape index (κ2) is 7.06. The summed E-state index contributed by atoms with van der Waals surface area (Å²) in [6.45, 7) is 1.52. The second-order valence-corrected chi connectivity index (χ2v) is 5.51. The van der Waals surface area contributed by atoms with Gasteiger partial charge >= 0.3 is 6.09 Å². The Morgan fingerprint density at radius 1 is 1.57 bits per heavy atom. The van der Waals surface area contributed by atoms with Gasteiger partial charge in [0.05, 0.1) is 19.8 Å². The molecule has 21 heavy (non-hydrogen) atoms. The molecule has 0 radical (unpaired) electrons. The third-order valence-corrected chi connectivity index (χ3v) is 4.11. The lowest BCUT2D eigenvalue weighted by Crippen LogP contribution is -2.54. The minimum atomic E-state index is -0.709. The van der Waals surface area contributed by atoms with E-state index < -0.39 is 18.2 Å². The van der Waals surface area contributed by atoms with Crippen LogP contribution in [0.15, 0.2) is 0 Å². The number of alkyl carbamates (subject to hydrolysis) is 1. The molecule has 0 aliphatic carbocycles. The average molecular weight is 301 g/mol. The molecule has 2 amide bonds. The second-order valence-electron chi connectivity index (χ2n) is 5.51. The Hall–Kier alpha value is -1.38. The van der Waals surface area contributed by atoms with Gasteiger partial charge in [0.25, 0.3) is 0 Å². The van der Waals surface area contributed by atoms with Crippen molar-refractivity contribution in [2.75, 3.05) is 33.4 Å². The van der Waals surface area contributed by atoms with E-state index in [4.69, 9.17) is 10.5 Å². The lowest BCUT2D eigenvalue weighted by atomic mass is 9.97. The van der Waals surface area contributed by atoms with Crippen molar-refractivity contribution in [3.05, 3.63) is 0 Å². The fourth-order valence-electron chi connectivity index (χ4n) is 2.95. The fourth-order valence-corrected chi connectivity index (χ4v) is 2.95. The number of nitrogens with zero attached hydrogens (tertiary/aromatic N) is 1. The third-order valence-electron chi connectivity index (χ3n) is 4.11. The van der Waals surface area contributed by atoms with E-state index in [9.17, 15) is 14.7 Å². The highest BCUT2D eigenvalue weighted by Crippen LogP contribution is 2.23. The molecule has 4 N–H and O–H groups in total. The lowest BCUT2D eigenvalue weighted by molar-refractivity contribution is -0.135. The van der Waals surface area contributed by atoms with Gasteiger partial charge in [-0.25, -0.2) is 4.79 Å². The Kier molecular flexibility index (Phi) is 5.38. The molecule has 120 valence electrons. The lowest BCUT2D eigenvalue weighted by Gasteiger charge is -2.30. The Morgan fingerprint density at radius 2 is 2.33 bits per heavy atom. The van der Waals surface area contributed by atoms with Crippen LogP contribution < -0.4 is 11.1 Å². The van der Waals surface area contributed by atoms with Gasteiger partial charge in [0.1, 0.15) is 6.04 Å². The molecule has 4 atom stereocenters. The quantitative estimate of drug-likeness (QED) is 0.593. The smallest absolute Gasteiger partial charge is 0.407 e. The third kappa shape index (κ3) is 3.63. The summed E-state index contributed by atoms with van der Waals surface area (Å²) >= 11 is 0. The fraction of sp³-hybridized carbons (Fsp3) is 0.846. The van der Waals surface area contributed by atoms with Crippen molar-refractivity contribution < 1.29 is 24.2 Å². The zero-order chi connectivity index (χ0) is 15.4. The van der Waals surface area contributed by atoms with Crippen LogP contribution in [-0.2, 0) is 14.3 Å². The molecule has 1 unspecified atom stereocenters. The van der Waals surface area contributed by atoms with Gasteiger partial charge in [-0.2, -0.15) is 0 Å². The number of aliphatic hydroxyl groups is 1. The van der Waals surface area contributed by atoms with Gasteiger partial charge in [0.2, 0.25) is 5.91 Å². The largest absolute Gasteiger partial charge is 0.453 e. The molecule has 0 aromatic rings.